The summed E-state index contributed by atoms with van der Waals surface area (Å²) in [5, 5.41) is 9.44. The second-order valence-electron chi connectivity index (χ2n) is 5.70. The number of rotatable bonds is 2. The van der Waals surface area contributed by atoms with Gasteiger partial charge in [-0.05, 0) is 38.8 Å². The molecule has 21 heavy (non-hydrogen) atoms. The van der Waals surface area contributed by atoms with Gasteiger partial charge in [0.1, 0.15) is 0 Å². The lowest BCUT2D eigenvalue weighted by Crippen LogP contribution is -2.50. The molecular weight excluding hydrogens is 270 g/mol. The van der Waals surface area contributed by atoms with Gasteiger partial charge in [-0.3, -0.25) is 4.79 Å². The molecule has 1 fully saturated rings. The number of carbonyl (C=O) groups excluding carboxylic acids is 1. The van der Waals surface area contributed by atoms with Crippen LogP contribution >= 0.6 is 0 Å². The van der Waals surface area contributed by atoms with Crippen LogP contribution in [0.15, 0.2) is 12.1 Å². The van der Waals surface area contributed by atoms with Crippen molar-refractivity contribution in [3.8, 4) is 0 Å². The molecule has 0 radical (unpaired) electrons. The molecule has 0 spiro atoms. The van der Waals surface area contributed by atoms with E-state index in [0.29, 0.717) is 29.8 Å². The maximum atomic E-state index is 12.9. The van der Waals surface area contributed by atoms with Gasteiger partial charge in [0, 0.05) is 6.54 Å². The zero-order chi connectivity index (χ0) is 15.7. The molecule has 2 atom stereocenters. The van der Waals surface area contributed by atoms with Gasteiger partial charge in [-0.15, -0.1) is 0 Å². The summed E-state index contributed by atoms with van der Waals surface area (Å²) in [4.78, 5) is 26.1. The van der Waals surface area contributed by atoms with E-state index in [1.165, 1.54) is 0 Å². The number of benzene rings is 1. The molecule has 114 valence electrons. The van der Waals surface area contributed by atoms with E-state index in [0.717, 1.165) is 0 Å². The quantitative estimate of drug-likeness (QED) is 0.907. The van der Waals surface area contributed by atoms with Gasteiger partial charge in [0.05, 0.1) is 29.9 Å². The van der Waals surface area contributed by atoms with Gasteiger partial charge in [0.25, 0.3) is 5.91 Å². The zero-order valence-corrected chi connectivity index (χ0v) is 12.8. The van der Waals surface area contributed by atoms with E-state index >= 15 is 0 Å². The van der Waals surface area contributed by atoms with Crippen molar-refractivity contribution >= 4 is 11.9 Å². The maximum Gasteiger partial charge on any atom is 0.336 e. The van der Waals surface area contributed by atoms with E-state index < -0.39 is 5.97 Å². The van der Waals surface area contributed by atoms with Crippen molar-refractivity contribution < 1.29 is 19.4 Å². The predicted octanol–water partition coefficient (Wildman–Crippen LogP) is 2.25. The average molecular weight is 291 g/mol. The van der Waals surface area contributed by atoms with Crippen LogP contribution in [0.25, 0.3) is 0 Å². The van der Waals surface area contributed by atoms with E-state index in [1.807, 2.05) is 13.8 Å². The van der Waals surface area contributed by atoms with Crippen LogP contribution < -0.4 is 0 Å². The fraction of sp³-hybridized carbons (Fsp3) is 0.500. The Morgan fingerprint density at radius 1 is 1.19 bits per heavy atom. The van der Waals surface area contributed by atoms with E-state index in [9.17, 15) is 14.7 Å². The van der Waals surface area contributed by atoms with Crippen LogP contribution in [0.2, 0.25) is 0 Å². The molecule has 5 nitrogen and oxygen atoms in total. The first kappa shape index (κ1) is 15.5. The lowest BCUT2D eigenvalue weighted by molar-refractivity contribution is -0.0387. The monoisotopic (exact) mass is 291 g/mol. The number of carboxylic acids is 1. The number of carbonyl (C=O) groups is 2. The number of aromatic carboxylic acids is 1. The van der Waals surface area contributed by atoms with Gasteiger partial charge < -0.3 is 14.7 Å². The first-order valence-corrected chi connectivity index (χ1v) is 7.09. The highest BCUT2D eigenvalue weighted by Gasteiger charge is 2.31. The molecule has 1 aromatic rings. The van der Waals surface area contributed by atoms with Crippen molar-refractivity contribution in [2.24, 2.45) is 0 Å². The Morgan fingerprint density at radius 2 is 1.76 bits per heavy atom. The minimum absolute atomic E-state index is 0.0384. The molecular formula is C16H21NO4. The number of hydrogen-bond acceptors (Lipinski definition) is 3. The SMILES string of the molecule is Cc1ccc(C)c(C(=O)N2CC(C)OCC2C)c1C(=O)O. The van der Waals surface area contributed by atoms with E-state index in [2.05, 4.69) is 0 Å². The molecule has 1 N–H and O–H groups in total. The van der Waals surface area contributed by atoms with Crippen LogP contribution in [0.3, 0.4) is 0 Å². The highest BCUT2D eigenvalue weighted by Crippen LogP contribution is 2.23. The minimum Gasteiger partial charge on any atom is -0.478 e. The summed E-state index contributed by atoms with van der Waals surface area (Å²) in [6.45, 7) is 8.26. The molecule has 2 unspecified atom stereocenters. The second-order valence-corrected chi connectivity index (χ2v) is 5.70. The summed E-state index contributed by atoms with van der Waals surface area (Å²) in [6.07, 6.45) is -0.0384. The van der Waals surface area contributed by atoms with Crippen LogP contribution in [0.5, 0.6) is 0 Å². The Kier molecular flexibility index (Phi) is 4.32. The third-order valence-electron chi connectivity index (χ3n) is 3.92. The van der Waals surface area contributed by atoms with E-state index in [4.69, 9.17) is 4.74 Å². The first-order chi connectivity index (χ1) is 9.82. The summed E-state index contributed by atoms with van der Waals surface area (Å²) < 4.78 is 5.53. The number of amides is 1. The molecule has 1 aromatic carbocycles. The summed E-state index contributed by atoms with van der Waals surface area (Å²) >= 11 is 0. The number of hydrogen-bond donors (Lipinski definition) is 1. The van der Waals surface area contributed by atoms with Crippen LogP contribution in [-0.4, -0.2) is 47.2 Å². The smallest absolute Gasteiger partial charge is 0.336 e. The molecule has 2 rings (SSSR count). The summed E-state index contributed by atoms with van der Waals surface area (Å²) in [5.41, 5.74) is 1.69. The van der Waals surface area contributed by atoms with Crippen LogP contribution in [-0.2, 0) is 4.74 Å². The van der Waals surface area contributed by atoms with Crippen molar-refractivity contribution in [2.45, 2.75) is 39.8 Å². The van der Waals surface area contributed by atoms with Crippen molar-refractivity contribution in [1.82, 2.24) is 4.90 Å². The van der Waals surface area contributed by atoms with Crippen molar-refractivity contribution in [1.29, 1.82) is 0 Å². The molecule has 5 heteroatoms. The van der Waals surface area contributed by atoms with E-state index in [-0.39, 0.29) is 23.6 Å². The van der Waals surface area contributed by atoms with Crippen molar-refractivity contribution in [2.75, 3.05) is 13.2 Å². The Bertz CT molecular complexity index is 582. The number of carboxylic acid groups (broad SMARTS) is 1. The molecule has 0 saturated carbocycles. The Morgan fingerprint density at radius 3 is 2.33 bits per heavy atom. The normalized spacial score (nSPS) is 22.2. The molecule has 1 aliphatic heterocycles. The van der Waals surface area contributed by atoms with Gasteiger partial charge in [0.15, 0.2) is 0 Å². The van der Waals surface area contributed by atoms with Crippen LogP contribution in [0.4, 0.5) is 0 Å². The highest BCUT2D eigenvalue weighted by atomic mass is 16.5. The fourth-order valence-corrected chi connectivity index (χ4v) is 2.69. The zero-order valence-electron chi connectivity index (χ0n) is 12.8. The third-order valence-corrected chi connectivity index (χ3v) is 3.92. The molecule has 0 bridgehead atoms. The van der Waals surface area contributed by atoms with Crippen LogP contribution in [0, 0.1) is 13.8 Å². The third kappa shape index (κ3) is 2.93. The molecule has 1 amide bonds. The highest BCUT2D eigenvalue weighted by molar-refractivity contribution is 6.06. The van der Waals surface area contributed by atoms with Gasteiger partial charge >= 0.3 is 5.97 Å². The summed E-state index contributed by atoms with van der Waals surface area (Å²) in [7, 11) is 0. The summed E-state index contributed by atoms with van der Waals surface area (Å²) in [5.74, 6) is -1.29. The van der Waals surface area contributed by atoms with Crippen molar-refractivity contribution in [3.05, 3.63) is 34.4 Å². The standard InChI is InChI=1S/C16H21NO4/c1-9-5-6-10(2)14(16(19)20)13(9)15(18)17-7-12(4)21-8-11(17)3/h5-6,11-12H,7-8H2,1-4H3,(H,19,20). The van der Waals surface area contributed by atoms with Crippen molar-refractivity contribution in [3.63, 3.8) is 0 Å². The lowest BCUT2D eigenvalue weighted by atomic mass is 9.95. The fourth-order valence-electron chi connectivity index (χ4n) is 2.69. The number of aryl methyl sites for hydroxylation is 2. The van der Waals surface area contributed by atoms with Gasteiger partial charge in [-0.2, -0.15) is 0 Å². The largest absolute Gasteiger partial charge is 0.478 e. The first-order valence-electron chi connectivity index (χ1n) is 7.09. The number of morpholine rings is 1. The number of ether oxygens (including phenoxy) is 1. The Balaban J connectivity index is 2.48. The van der Waals surface area contributed by atoms with Crippen LogP contribution in [0.1, 0.15) is 45.7 Å². The Labute approximate surface area is 124 Å². The topological polar surface area (TPSA) is 66.8 Å². The second kappa shape index (κ2) is 5.85. The summed E-state index contributed by atoms with van der Waals surface area (Å²) in [6, 6.07) is 3.47. The van der Waals surface area contributed by atoms with Gasteiger partial charge in [-0.25, -0.2) is 4.79 Å². The van der Waals surface area contributed by atoms with E-state index in [1.54, 1.807) is 30.9 Å². The molecule has 0 aromatic heterocycles. The molecule has 1 saturated heterocycles. The van der Waals surface area contributed by atoms with Gasteiger partial charge in [-0.1, -0.05) is 12.1 Å². The Hall–Kier alpha value is -1.88. The van der Waals surface area contributed by atoms with Gasteiger partial charge in [0.2, 0.25) is 0 Å². The number of nitrogens with zero attached hydrogens (tertiary/aromatic N) is 1. The molecule has 1 heterocycles. The molecule has 0 aliphatic carbocycles. The molecule has 1 aliphatic rings. The minimum atomic E-state index is -1.06. The maximum absolute atomic E-state index is 12.9. The predicted molar refractivity (Wildman–Crippen MR) is 78.8 cm³/mol. The lowest BCUT2D eigenvalue weighted by Gasteiger charge is -2.37. The average Bonchev–Trinajstić information content (AvgIpc) is 2.42.